The zero-order chi connectivity index (χ0) is 20.4. The number of nitrogens with zero attached hydrogens (tertiary/aromatic N) is 6. The number of carbonyl (C=O) groups is 1. The third-order valence-corrected chi connectivity index (χ3v) is 4.97. The number of rotatable bonds is 6. The predicted octanol–water partition coefficient (Wildman–Crippen LogP) is 2.52. The molecule has 1 aliphatic heterocycles. The Morgan fingerprint density at radius 2 is 2.38 bits per heavy atom. The second kappa shape index (κ2) is 8.08. The van der Waals surface area contributed by atoms with Gasteiger partial charge < -0.3 is 15.0 Å². The minimum absolute atomic E-state index is 0.109. The van der Waals surface area contributed by atoms with Crippen molar-refractivity contribution < 1.29 is 9.53 Å². The molecule has 0 aromatic carbocycles. The molecule has 0 aliphatic carbocycles. The van der Waals surface area contributed by atoms with Gasteiger partial charge in [-0.05, 0) is 25.8 Å². The summed E-state index contributed by atoms with van der Waals surface area (Å²) in [5.74, 6) is 0.540. The molecular formula is C18H21ClN8O2. The van der Waals surface area contributed by atoms with Crippen molar-refractivity contribution in [2.45, 2.75) is 32.4 Å². The van der Waals surface area contributed by atoms with Gasteiger partial charge in [0, 0.05) is 19.3 Å². The van der Waals surface area contributed by atoms with E-state index in [4.69, 9.17) is 16.3 Å². The van der Waals surface area contributed by atoms with Crippen LogP contribution in [0.3, 0.4) is 0 Å². The van der Waals surface area contributed by atoms with Crippen LogP contribution in [0.4, 0.5) is 11.6 Å². The monoisotopic (exact) mass is 416 g/mol. The Balaban J connectivity index is 1.61. The SMILES string of the molecule is C=CC(=O)N1CCC[C@@H](Oc2nc(Nc3cnn(CC)c3)nc3[nH]nc(Cl)c23)C1. The van der Waals surface area contributed by atoms with Gasteiger partial charge in [-0.25, -0.2) is 0 Å². The number of ether oxygens (including phenoxy) is 1. The van der Waals surface area contributed by atoms with E-state index in [9.17, 15) is 4.79 Å². The first kappa shape index (κ1) is 19.2. The highest BCUT2D eigenvalue weighted by Gasteiger charge is 2.26. The molecule has 4 rings (SSSR count). The molecule has 29 heavy (non-hydrogen) atoms. The molecule has 1 saturated heterocycles. The Morgan fingerprint density at radius 3 is 3.14 bits per heavy atom. The Bertz CT molecular complexity index is 1050. The van der Waals surface area contributed by atoms with E-state index in [1.165, 1.54) is 6.08 Å². The van der Waals surface area contributed by atoms with Crippen LogP contribution in [0.5, 0.6) is 5.88 Å². The van der Waals surface area contributed by atoms with Crippen molar-refractivity contribution in [3.05, 3.63) is 30.2 Å². The Labute approximate surface area is 171 Å². The maximum absolute atomic E-state index is 11.9. The fourth-order valence-corrected chi connectivity index (χ4v) is 3.47. The number of likely N-dealkylation sites (tertiary alicyclic amines) is 1. The van der Waals surface area contributed by atoms with E-state index < -0.39 is 0 Å². The second-order valence-corrected chi connectivity index (χ2v) is 7.03. The molecule has 0 saturated carbocycles. The molecule has 1 amide bonds. The maximum Gasteiger partial charge on any atom is 0.246 e. The van der Waals surface area contributed by atoms with Crippen molar-refractivity contribution in [1.29, 1.82) is 0 Å². The molecule has 0 radical (unpaired) electrons. The van der Waals surface area contributed by atoms with Crippen LogP contribution in [0.1, 0.15) is 19.8 Å². The number of anilines is 2. The summed E-state index contributed by atoms with van der Waals surface area (Å²) in [7, 11) is 0. The molecule has 3 aromatic heterocycles. The molecule has 2 N–H and O–H groups in total. The van der Waals surface area contributed by atoms with E-state index in [1.807, 2.05) is 13.1 Å². The van der Waals surface area contributed by atoms with E-state index in [2.05, 4.69) is 37.2 Å². The minimum atomic E-state index is -0.215. The van der Waals surface area contributed by atoms with E-state index in [-0.39, 0.29) is 17.2 Å². The highest BCUT2D eigenvalue weighted by molar-refractivity contribution is 6.34. The van der Waals surface area contributed by atoms with Gasteiger partial charge in [0.05, 0.1) is 18.4 Å². The van der Waals surface area contributed by atoms with Crippen LogP contribution in [0, 0.1) is 0 Å². The molecule has 0 unspecified atom stereocenters. The zero-order valence-corrected chi connectivity index (χ0v) is 16.7. The van der Waals surface area contributed by atoms with Crippen molar-refractivity contribution in [3.8, 4) is 5.88 Å². The molecule has 1 atom stereocenters. The summed E-state index contributed by atoms with van der Waals surface area (Å²) in [5, 5.41) is 14.9. The number of halogens is 1. The highest BCUT2D eigenvalue weighted by atomic mass is 35.5. The lowest BCUT2D eigenvalue weighted by atomic mass is 10.1. The number of nitrogens with one attached hydrogen (secondary N) is 2. The fraction of sp³-hybridized carbons (Fsp3) is 0.389. The number of amides is 1. The number of hydrogen-bond acceptors (Lipinski definition) is 7. The van der Waals surface area contributed by atoms with Crippen molar-refractivity contribution in [2.24, 2.45) is 0 Å². The third-order valence-electron chi connectivity index (χ3n) is 4.70. The smallest absolute Gasteiger partial charge is 0.246 e. The lowest BCUT2D eigenvalue weighted by Gasteiger charge is -2.32. The minimum Gasteiger partial charge on any atom is -0.472 e. The Hall–Kier alpha value is -3.14. The zero-order valence-electron chi connectivity index (χ0n) is 15.9. The van der Waals surface area contributed by atoms with E-state index in [1.54, 1.807) is 15.8 Å². The summed E-state index contributed by atoms with van der Waals surface area (Å²) in [6.45, 7) is 7.45. The number of H-pyrrole nitrogens is 1. The largest absolute Gasteiger partial charge is 0.472 e. The fourth-order valence-electron chi connectivity index (χ4n) is 3.26. The van der Waals surface area contributed by atoms with Gasteiger partial charge in [0.1, 0.15) is 11.5 Å². The molecule has 10 nitrogen and oxygen atoms in total. The summed E-state index contributed by atoms with van der Waals surface area (Å²) in [6, 6.07) is 0. The van der Waals surface area contributed by atoms with Crippen LogP contribution < -0.4 is 10.1 Å². The number of aryl methyl sites for hydroxylation is 1. The predicted molar refractivity (Wildman–Crippen MR) is 108 cm³/mol. The van der Waals surface area contributed by atoms with E-state index in [0.29, 0.717) is 36.0 Å². The van der Waals surface area contributed by atoms with Crippen molar-refractivity contribution in [3.63, 3.8) is 0 Å². The molecule has 0 bridgehead atoms. The van der Waals surface area contributed by atoms with Gasteiger partial charge in [-0.15, -0.1) is 0 Å². The van der Waals surface area contributed by atoms with E-state index in [0.717, 1.165) is 25.1 Å². The number of carbonyl (C=O) groups excluding carboxylic acids is 1. The van der Waals surface area contributed by atoms with Crippen LogP contribution in [-0.2, 0) is 11.3 Å². The summed E-state index contributed by atoms with van der Waals surface area (Å²) >= 11 is 6.22. The first-order chi connectivity index (χ1) is 14.1. The molecule has 1 fully saturated rings. The first-order valence-electron chi connectivity index (χ1n) is 9.36. The van der Waals surface area contributed by atoms with Crippen LogP contribution in [0.15, 0.2) is 25.0 Å². The number of hydrogen-bond donors (Lipinski definition) is 2. The second-order valence-electron chi connectivity index (χ2n) is 6.67. The van der Waals surface area contributed by atoms with E-state index >= 15 is 0 Å². The van der Waals surface area contributed by atoms with Gasteiger partial charge in [0.15, 0.2) is 10.8 Å². The first-order valence-corrected chi connectivity index (χ1v) is 9.74. The van der Waals surface area contributed by atoms with Crippen molar-refractivity contribution in [1.82, 2.24) is 34.8 Å². The summed E-state index contributed by atoms with van der Waals surface area (Å²) in [4.78, 5) is 22.6. The Morgan fingerprint density at radius 1 is 1.52 bits per heavy atom. The maximum atomic E-state index is 11.9. The highest BCUT2D eigenvalue weighted by Crippen LogP contribution is 2.31. The normalized spacial score (nSPS) is 16.8. The lowest BCUT2D eigenvalue weighted by molar-refractivity contribution is -0.128. The Kier molecular flexibility index (Phi) is 5.34. The standard InChI is InChI=1S/C18H21ClN8O2/c1-3-13(28)26-7-5-6-12(10-26)29-17-14-15(19)24-25-16(14)22-18(23-17)21-11-8-20-27(4-2)9-11/h3,8-9,12H,1,4-7,10H2,2H3,(H2,21,22,23,24,25)/t12-/m1/s1. The van der Waals surface area contributed by atoms with Crippen LogP contribution >= 0.6 is 11.6 Å². The number of aromatic amines is 1. The number of piperidine rings is 1. The van der Waals surface area contributed by atoms with Crippen molar-refractivity contribution >= 4 is 40.2 Å². The number of fused-ring (bicyclic) bond motifs is 1. The summed E-state index contributed by atoms with van der Waals surface area (Å²) in [5.41, 5.74) is 1.21. The molecule has 4 heterocycles. The van der Waals surface area contributed by atoms with Gasteiger partial charge in [0.25, 0.3) is 0 Å². The van der Waals surface area contributed by atoms with Crippen LogP contribution in [0.25, 0.3) is 11.0 Å². The summed E-state index contributed by atoms with van der Waals surface area (Å²) in [6.07, 6.45) is 6.28. The number of aromatic nitrogens is 6. The van der Waals surface area contributed by atoms with Gasteiger partial charge in [-0.2, -0.15) is 20.2 Å². The third kappa shape index (κ3) is 4.02. The van der Waals surface area contributed by atoms with Gasteiger partial charge in [-0.1, -0.05) is 18.2 Å². The van der Waals surface area contributed by atoms with Gasteiger partial charge in [-0.3, -0.25) is 14.6 Å². The average Bonchev–Trinajstić information content (AvgIpc) is 3.34. The van der Waals surface area contributed by atoms with Crippen LogP contribution in [-0.4, -0.2) is 59.9 Å². The molecule has 3 aromatic rings. The van der Waals surface area contributed by atoms with Crippen molar-refractivity contribution in [2.75, 3.05) is 18.4 Å². The quantitative estimate of drug-likeness (QED) is 0.593. The van der Waals surface area contributed by atoms with Gasteiger partial charge >= 0.3 is 0 Å². The average molecular weight is 417 g/mol. The molecule has 11 heteroatoms. The molecule has 1 aliphatic rings. The summed E-state index contributed by atoms with van der Waals surface area (Å²) < 4.78 is 7.94. The van der Waals surface area contributed by atoms with Crippen LogP contribution in [0.2, 0.25) is 5.15 Å². The lowest BCUT2D eigenvalue weighted by Crippen LogP contribution is -2.43. The van der Waals surface area contributed by atoms with Gasteiger partial charge in [0.2, 0.25) is 17.7 Å². The molecule has 152 valence electrons. The molecular weight excluding hydrogens is 396 g/mol. The topological polar surface area (TPSA) is 114 Å². The molecule has 0 spiro atoms.